The van der Waals surface area contributed by atoms with Crippen molar-refractivity contribution < 1.29 is 4.79 Å². The summed E-state index contributed by atoms with van der Waals surface area (Å²) in [5.74, 6) is 0.0345. The zero-order valence-corrected chi connectivity index (χ0v) is 13.3. The van der Waals surface area contributed by atoms with E-state index in [0.717, 1.165) is 31.2 Å². The summed E-state index contributed by atoms with van der Waals surface area (Å²) in [6.45, 7) is 0.895. The van der Waals surface area contributed by atoms with Crippen LogP contribution in [0.25, 0.3) is 0 Å². The smallest absolute Gasteiger partial charge is 0.234 e. The molecule has 21 heavy (non-hydrogen) atoms. The van der Waals surface area contributed by atoms with Gasteiger partial charge < -0.3 is 11.1 Å². The van der Waals surface area contributed by atoms with Gasteiger partial charge in [-0.3, -0.25) is 9.69 Å². The molecule has 4 nitrogen and oxygen atoms in total. The first-order chi connectivity index (χ1) is 10.1. The lowest BCUT2D eigenvalue weighted by Gasteiger charge is -2.33. The van der Waals surface area contributed by atoms with Gasteiger partial charge in [-0.25, -0.2) is 0 Å². The van der Waals surface area contributed by atoms with E-state index < -0.39 is 0 Å². The fourth-order valence-electron chi connectivity index (χ4n) is 2.79. The van der Waals surface area contributed by atoms with Gasteiger partial charge in [-0.1, -0.05) is 29.8 Å². The Bertz CT molecular complexity index is 472. The van der Waals surface area contributed by atoms with Crippen molar-refractivity contribution in [2.45, 2.75) is 44.3 Å². The minimum atomic E-state index is 0.0345. The Kier molecular flexibility index (Phi) is 6.03. The number of carbonyl (C=O) groups is 1. The van der Waals surface area contributed by atoms with Crippen LogP contribution < -0.4 is 11.1 Å². The monoisotopic (exact) mass is 309 g/mol. The lowest BCUT2D eigenvalue weighted by atomic mass is 9.91. The van der Waals surface area contributed by atoms with E-state index in [0.29, 0.717) is 30.2 Å². The lowest BCUT2D eigenvalue weighted by molar-refractivity contribution is -0.122. The number of nitrogens with two attached hydrogens (primary N) is 1. The summed E-state index contributed by atoms with van der Waals surface area (Å²) in [5, 5.41) is 3.62. The number of carbonyl (C=O) groups excluding carboxylic acids is 1. The van der Waals surface area contributed by atoms with E-state index in [1.165, 1.54) is 0 Å². The average molecular weight is 310 g/mol. The van der Waals surface area contributed by atoms with Crippen LogP contribution in [-0.2, 0) is 11.3 Å². The van der Waals surface area contributed by atoms with E-state index >= 15 is 0 Å². The summed E-state index contributed by atoms with van der Waals surface area (Å²) in [5.41, 5.74) is 6.86. The molecule has 1 amide bonds. The third-order valence-corrected chi connectivity index (χ3v) is 4.56. The van der Waals surface area contributed by atoms with Gasteiger partial charge in [0, 0.05) is 23.7 Å². The minimum Gasteiger partial charge on any atom is -0.351 e. The predicted molar refractivity (Wildman–Crippen MR) is 86.2 cm³/mol. The molecule has 0 unspecified atom stereocenters. The molecule has 3 N–H and O–H groups in total. The van der Waals surface area contributed by atoms with Crippen LogP contribution >= 0.6 is 11.6 Å². The van der Waals surface area contributed by atoms with Gasteiger partial charge in [-0.05, 0) is 44.4 Å². The number of halogens is 1. The fraction of sp³-hybridized carbons (Fsp3) is 0.562. The quantitative estimate of drug-likeness (QED) is 0.876. The first kappa shape index (κ1) is 16.3. The molecule has 1 aliphatic rings. The topological polar surface area (TPSA) is 58.4 Å². The maximum Gasteiger partial charge on any atom is 0.234 e. The Morgan fingerprint density at radius 3 is 2.67 bits per heavy atom. The van der Waals surface area contributed by atoms with Gasteiger partial charge >= 0.3 is 0 Å². The fourth-order valence-corrected chi connectivity index (χ4v) is 2.99. The van der Waals surface area contributed by atoms with Crippen LogP contribution in [0.3, 0.4) is 0 Å². The van der Waals surface area contributed by atoms with Crippen molar-refractivity contribution in [2.75, 3.05) is 13.6 Å². The Morgan fingerprint density at radius 2 is 2.00 bits per heavy atom. The summed E-state index contributed by atoms with van der Waals surface area (Å²) in [6, 6.07) is 8.37. The van der Waals surface area contributed by atoms with Crippen LogP contribution in [0.4, 0.5) is 0 Å². The molecule has 0 spiro atoms. The average Bonchev–Trinajstić information content (AvgIpc) is 2.47. The Balaban J connectivity index is 1.75. The predicted octanol–water partition coefficient (Wildman–Crippen LogP) is 2.16. The number of likely N-dealkylation sites (N-methyl/N-ethyl adjacent to an activating group) is 1. The van der Waals surface area contributed by atoms with Crippen LogP contribution in [0, 0.1) is 0 Å². The SMILES string of the molecule is CN(CC(=O)NCc1ccccc1Cl)C1CCC(N)CC1. The standard InChI is InChI=1S/C16H24ClN3O/c1-20(14-8-6-13(18)7-9-14)11-16(21)19-10-12-4-2-3-5-15(12)17/h2-5,13-14H,6-11,18H2,1H3,(H,19,21). The second kappa shape index (κ2) is 7.78. The number of nitrogens with zero attached hydrogens (tertiary/aromatic N) is 1. The molecule has 0 radical (unpaired) electrons. The van der Waals surface area contributed by atoms with E-state index in [2.05, 4.69) is 10.2 Å². The summed E-state index contributed by atoms with van der Waals surface area (Å²) >= 11 is 6.08. The van der Waals surface area contributed by atoms with E-state index in [-0.39, 0.29) is 5.91 Å². The molecule has 2 rings (SSSR count). The third-order valence-electron chi connectivity index (χ3n) is 4.19. The highest BCUT2D eigenvalue weighted by Crippen LogP contribution is 2.21. The maximum atomic E-state index is 12.0. The maximum absolute atomic E-state index is 12.0. The summed E-state index contributed by atoms with van der Waals surface area (Å²) < 4.78 is 0. The molecule has 0 aliphatic heterocycles. The Hall–Kier alpha value is -1.10. The molecule has 116 valence electrons. The molecule has 1 aromatic rings. The molecule has 1 aliphatic carbocycles. The van der Waals surface area contributed by atoms with Gasteiger partial charge in [0.2, 0.25) is 5.91 Å². The number of hydrogen-bond acceptors (Lipinski definition) is 3. The zero-order chi connectivity index (χ0) is 15.2. The van der Waals surface area contributed by atoms with Crippen LogP contribution in [0.2, 0.25) is 5.02 Å². The van der Waals surface area contributed by atoms with Crippen molar-refractivity contribution in [3.8, 4) is 0 Å². The molecule has 0 heterocycles. The van der Waals surface area contributed by atoms with Crippen LogP contribution in [0.5, 0.6) is 0 Å². The van der Waals surface area contributed by atoms with Crippen LogP contribution in [0.15, 0.2) is 24.3 Å². The molecule has 0 aromatic heterocycles. The highest BCUT2D eigenvalue weighted by molar-refractivity contribution is 6.31. The van der Waals surface area contributed by atoms with Gasteiger partial charge in [0.05, 0.1) is 6.54 Å². The number of benzene rings is 1. The molecule has 1 aromatic carbocycles. The van der Waals surface area contributed by atoms with Crippen molar-refractivity contribution in [1.29, 1.82) is 0 Å². The minimum absolute atomic E-state index is 0.0345. The normalized spacial score (nSPS) is 22.3. The molecular formula is C16H24ClN3O. The van der Waals surface area contributed by atoms with Gasteiger partial charge in [0.1, 0.15) is 0 Å². The summed E-state index contributed by atoms with van der Waals surface area (Å²) in [4.78, 5) is 14.2. The largest absolute Gasteiger partial charge is 0.351 e. The molecule has 1 fully saturated rings. The molecule has 1 saturated carbocycles. The summed E-state index contributed by atoms with van der Waals surface area (Å²) in [7, 11) is 2.01. The first-order valence-corrected chi connectivity index (χ1v) is 7.90. The number of amides is 1. The van der Waals surface area contributed by atoms with Crippen molar-refractivity contribution in [2.24, 2.45) is 5.73 Å². The van der Waals surface area contributed by atoms with E-state index in [4.69, 9.17) is 17.3 Å². The molecule has 0 saturated heterocycles. The summed E-state index contributed by atoms with van der Waals surface area (Å²) in [6.07, 6.45) is 4.26. The van der Waals surface area contributed by atoms with E-state index in [1.807, 2.05) is 31.3 Å². The molecule has 5 heteroatoms. The Morgan fingerprint density at radius 1 is 1.33 bits per heavy atom. The van der Waals surface area contributed by atoms with E-state index in [9.17, 15) is 4.79 Å². The van der Waals surface area contributed by atoms with Crippen molar-refractivity contribution in [3.05, 3.63) is 34.9 Å². The Labute approximate surface area is 131 Å². The lowest BCUT2D eigenvalue weighted by Crippen LogP contribution is -2.43. The van der Waals surface area contributed by atoms with Crippen molar-refractivity contribution in [1.82, 2.24) is 10.2 Å². The molecule has 0 bridgehead atoms. The van der Waals surface area contributed by atoms with Crippen molar-refractivity contribution >= 4 is 17.5 Å². The second-order valence-electron chi connectivity index (χ2n) is 5.85. The third kappa shape index (κ3) is 4.99. The zero-order valence-electron chi connectivity index (χ0n) is 12.5. The molecular weight excluding hydrogens is 286 g/mol. The number of nitrogens with one attached hydrogen (secondary N) is 1. The first-order valence-electron chi connectivity index (χ1n) is 7.52. The highest BCUT2D eigenvalue weighted by atomic mass is 35.5. The molecule has 0 atom stereocenters. The van der Waals surface area contributed by atoms with Crippen molar-refractivity contribution in [3.63, 3.8) is 0 Å². The van der Waals surface area contributed by atoms with Crippen LogP contribution in [0.1, 0.15) is 31.2 Å². The van der Waals surface area contributed by atoms with E-state index in [1.54, 1.807) is 0 Å². The highest BCUT2D eigenvalue weighted by Gasteiger charge is 2.23. The van der Waals surface area contributed by atoms with Gasteiger partial charge in [0.25, 0.3) is 0 Å². The van der Waals surface area contributed by atoms with Gasteiger partial charge in [-0.2, -0.15) is 0 Å². The van der Waals surface area contributed by atoms with Gasteiger partial charge in [-0.15, -0.1) is 0 Å². The second-order valence-corrected chi connectivity index (χ2v) is 6.26. The van der Waals surface area contributed by atoms with Gasteiger partial charge in [0.15, 0.2) is 0 Å². The number of hydrogen-bond donors (Lipinski definition) is 2. The number of rotatable bonds is 5. The van der Waals surface area contributed by atoms with Crippen LogP contribution in [-0.4, -0.2) is 36.5 Å².